The summed E-state index contributed by atoms with van der Waals surface area (Å²) in [6, 6.07) is -0.554. The monoisotopic (exact) mass is 928 g/mol. The average molecular weight is 929 g/mol. The van der Waals surface area contributed by atoms with Crippen molar-refractivity contribution in [2.24, 2.45) is 0 Å². The van der Waals surface area contributed by atoms with E-state index in [1.54, 1.807) is 0 Å². The lowest BCUT2D eigenvalue weighted by molar-refractivity contribution is -0.143. The second-order valence-corrected chi connectivity index (χ2v) is 20.0. The molecule has 0 radical (unpaired) electrons. The van der Waals surface area contributed by atoms with Gasteiger partial charge in [0.05, 0.1) is 25.4 Å². The predicted molar refractivity (Wildman–Crippen MR) is 287 cm³/mol. The minimum absolute atomic E-state index is 0.0239. The maximum absolute atomic E-state index is 12.5. The highest BCUT2D eigenvalue weighted by Crippen LogP contribution is 2.17. The van der Waals surface area contributed by atoms with Crippen molar-refractivity contribution in [3.05, 3.63) is 36.5 Å². The van der Waals surface area contributed by atoms with Crippen LogP contribution in [0.15, 0.2) is 36.5 Å². The largest absolute Gasteiger partial charge is 0.466 e. The van der Waals surface area contributed by atoms with Gasteiger partial charge in [0.2, 0.25) is 5.91 Å². The van der Waals surface area contributed by atoms with E-state index in [9.17, 15) is 19.8 Å². The Labute approximate surface area is 411 Å². The number of hydrogen-bond acceptors (Lipinski definition) is 5. The normalized spacial score (nSPS) is 12.8. The molecule has 0 aromatic heterocycles. The standard InChI is InChI=1S/C60H113NO5/c1-3-5-7-9-11-13-15-17-19-20-22-25-28-32-36-40-44-48-52-58(63)57(56-62)61-59(64)53-49-45-41-37-33-29-26-23-21-24-27-31-35-39-43-47-51-55-66-60(65)54-50-46-42-38-34-30-18-16-14-12-10-8-6-4-2/h16,18,21,24,31,35,57-58,62-63H,3-15,17,19-20,22-23,25-30,32-34,36-56H2,1-2H3,(H,61,64)/b18-16-,24-21-,35-31-. The van der Waals surface area contributed by atoms with Gasteiger partial charge < -0.3 is 20.3 Å². The number of ether oxygens (including phenoxy) is 1. The van der Waals surface area contributed by atoms with E-state index in [4.69, 9.17) is 4.74 Å². The number of hydrogen-bond donors (Lipinski definition) is 3. The first-order valence-corrected chi connectivity index (χ1v) is 29.2. The van der Waals surface area contributed by atoms with Gasteiger partial charge in [-0.2, -0.15) is 0 Å². The molecule has 0 aliphatic rings. The highest BCUT2D eigenvalue weighted by atomic mass is 16.5. The second kappa shape index (κ2) is 55.7. The zero-order valence-corrected chi connectivity index (χ0v) is 44.2. The van der Waals surface area contributed by atoms with Crippen molar-refractivity contribution in [3.8, 4) is 0 Å². The molecular weight excluding hydrogens is 815 g/mol. The number of amides is 1. The van der Waals surface area contributed by atoms with Gasteiger partial charge in [-0.05, 0) is 89.9 Å². The van der Waals surface area contributed by atoms with Gasteiger partial charge in [-0.3, -0.25) is 9.59 Å². The van der Waals surface area contributed by atoms with Crippen molar-refractivity contribution in [2.45, 2.75) is 321 Å². The van der Waals surface area contributed by atoms with Gasteiger partial charge in [0.25, 0.3) is 0 Å². The molecule has 0 aromatic carbocycles. The van der Waals surface area contributed by atoms with Crippen LogP contribution in [0.1, 0.15) is 309 Å². The third-order valence-electron chi connectivity index (χ3n) is 13.4. The molecule has 0 spiro atoms. The van der Waals surface area contributed by atoms with Crippen LogP contribution in [-0.4, -0.2) is 47.4 Å². The van der Waals surface area contributed by atoms with Crippen molar-refractivity contribution in [2.75, 3.05) is 13.2 Å². The zero-order chi connectivity index (χ0) is 47.9. The van der Waals surface area contributed by atoms with Crippen LogP contribution >= 0.6 is 0 Å². The van der Waals surface area contributed by atoms with Gasteiger partial charge >= 0.3 is 5.97 Å². The number of unbranched alkanes of at least 4 members (excludes halogenated alkanes) is 37. The zero-order valence-electron chi connectivity index (χ0n) is 44.2. The van der Waals surface area contributed by atoms with E-state index in [0.29, 0.717) is 25.9 Å². The Balaban J connectivity index is 3.50. The van der Waals surface area contributed by atoms with E-state index in [0.717, 1.165) is 83.5 Å². The fraction of sp³-hybridized carbons (Fsp3) is 0.867. The molecule has 66 heavy (non-hydrogen) atoms. The number of allylic oxidation sites excluding steroid dienone is 6. The van der Waals surface area contributed by atoms with Crippen LogP contribution in [-0.2, 0) is 14.3 Å². The molecule has 0 fully saturated rings. The van der Waals surface area contributed by atoms with E-state index in [2.05, 4.69) is 55.6 Å². The lowest BCUT2D eigenvalue weighted by Crippen LogP contribution is -2.45. The fourth-order valence-corrected chi connectivity index (χ4v) is 8.90. The van der Waals surface area contributed by atoms with Crippen LogP contribution in [0.2, 0.25) is 0 Å². The van der Waals surface area contributed by atoms with Crippen LogP contribution in [0, 0.1) is 0 Å². The molecule has 1 amide bonds. The summed E-state index contributed by atoms with van der Waals surface area (Å²) in [4.78, 5) is 24.5. The molecule has 0 bridgehead atoms. The lowest BCUT2D eigenvalue weighted by Gasteiger charge is -2.22. The van der Waals surface area contributed by atoms with Crippen LogP contribution in [0.5, 0.6) is 0 Å². The number of carbonyl (C=O) groups is 2. The highest BCUT2D eigenvalue weighted by molar-refractivity contribution is 5.76. The maximum atomic E-state index is 12.5. The topological polar surface area (TPSA) is 95.9 Å². The second-order valence-electron chi connectivity index (χ2n) is 20.0. The number of aliphatic hydroxyl groups excluding tert-OH is 2. The molecule has 0 rings (SSSR count). The van der Waals surface area contributed by atoms with Crippen molar-refractivity contribution in [1.82, 2.24) is 5.32 Å². The summed E-state index contributed by atoms with van der Waals surface area (Å²) in [5, 5.41) is 23.3. The summed E-state index contributed by atoms with van der Waals surface area (Å²) in [6.07, 6.45) is 68.5. The Hall–Kier alpha value is -1.92. The molecule has 0 aromatic rings. The summed E-state index contributed by atoms with van der Waals surface area (Å²) >= 11 is 0. The fourth-order valence-electron chi connectivity index (χ4n) is 8.90. The first-order valence-electron chi connectivity index (χ1n) is 29.2. The minimum atomic E-state index is -0.676. The first-order chi connectivity index (χ1) is 32.5. The van der Waals surface area contributed by atoms with Gasteiger partial charge in [0.15, 0.2) is 0 Å². The molecule has 2 atom stereocenters. The van der Waals surface area contributed by atoms with Crippen molar-refractivity contribution in [3.63, 3.8) is 0 Å². The summed E-state index contributed by atoms with van der Waals surface area (Å²) < 4.78 is 5.44. The molecule has 0 heterocycles. The van der Waals surface area contributed by atoms with Crippen LogP contribution in [0.3, 0.4) is 0 Å². The van der Waals surface area contributed by atoms with Crippen molar-refractivity contribution < 1.29 is 24.5 Å². The number of esters is 1. The Morgan fingerprint density at radius 2 is 0.758 bits per heavy atom. The molecule has 3 N–H and O–H groups in total. The Morgan fingerprint density at radius 1 is 0.424 bits per heavy atom. The quantitative estimate of drug-likeness (QED) is 0.0321. The number of aliphatic hydroxyl groups is 2. The third kappa shape index (κ3) is 51.5. The maximum Gasteiger partial charge on any atom is 0.305 e. The van der Waals surface area contributed by atoms with Crippen molar-refractivity contribution in [1.29, 1.82) is 0 Å². The van der Waals surface area contributed by atoms with Crippen LogP contribution in [0.4, 0.5) is 0 Å². The summed E-state index contributed by atoms with van der Waals surface area (Å²) in [6.45, 7) is 4.91. The molecule has 6 nitrogen and oxygen atoms in total. The Kier molecular flexibility index (Phi) is 54.1. The molecular formula is C60H113NO5. The van der Waals surface area contributed by atoms with Crippen LogP contribution in [0.25, 0.3) is 0 Å². The number of carbonyl (C=O) groups excluding carboxylic acids is 2. The van der Waals surface area contributed by atoms with Crippen molar-refractivity contribution >= 4 is 11.9 Å². The summed E-state index contributed by atoms with van der Waals surface area (Å²) in [5.74, 6) is -0.0737. The van der Waals surface area contributed by atoms with Gasteiger partial charge in [-0.25, -0.2) is 0 Å². The third-order valence-corrected chi connectivity index (χ3v) is 13.4. The first kappa shape index (κ1) is 64.1. The molecule has 0 saturated heterocycles. The number of rotatable bonds is 54. The molecule has 388 valence electrons. The molecule has 6 heteroatoms. The SMILES string of the molecule is CCCCCCC/C=C\CCCCCCCC(=O)OCCCCC/C=C\C/C=C\CCCCCCCCCC(=O)NC(CO)C(O)CCCCCCCCCCCCCCCCCCCC. The molecule has 2 unspecified atom stereocenters. The molecule has 0 aliphatic carbocycles. The molecule has 0 saturated carbocycles. The van der Waals surface area contributed by atoms with E-state index in [1.807, 2.05) is 0 Å². The van der Waals surface area contributed by atoms with Gasteiger partial charge in [0.1, 0.15) is 0 Å². The highest BCUT2D eigenvalue weighted by Gasteiger charge is 2.20. The summed E-state index contributed by atoms with van der Waals surface area (Å²) in [5.41, 5.74) is 0. The van der Waals surface area contributed by atoms with Gasteiger partial charge in [-0.15, -0.1) is 0 Å². The van der Waals surface area contributed by atoms with E-state index < -0.39 is 12.1 Å². The molecule has 0 aliphatic heterocycles. The summed E-state index contributed by atoms with van der Waals surface area (Å²) in [7, 11) is 0. The van der Waals surface area contributed by atoms with E-state index >= 15 is 0 Å². The smallest absolute Gasteiger partial charge is 0.305 e. The van der Waals surface area contributed by atoms with Gasteiger partial charge in [-0.1, -0.05) is 243 Å². The van der Waals surface area contributed by atoms with E-state index in [1.165, 1.54) is 193 Å². The predicted octanol–water partition coefficient (Wildman–Crippen LogP) is 18.0. The minimum Gasteiger partial charge on any atom is -0.466 e. The Bertz CT molecular complexity index is 1070. The van der Waals surface area contributed by atoms with Crippen LogP contribution < -0.4 is 5.32 Å². The van der Waals surface area contributed by atoms with E-state index in [-0.39, 0.29) is 18.5 Å². The van der Waals surface area contributed by atoms with Gasteiger partial charge in [0, 0.05) is 12.8 Å². The lowest BCUT2D eigenvalue weighted by atomic mass is 10.0. The number of nitrogens with one attached hydrogen (secondary N) is 1. The Morgan fingerprint density at radius 3 is 1.17 bits per heavy atom. The average Bonchev–Trinajstić information content (AvgIpc) is 3.32.